The van der Waals surface area contributed by atoms with Gasteiger partial charge in [-0.15, -0.1) is 0 Å². The average Bonchev–Trinajstić information content (AvgIpc) is 2.41. The normalized spacial score (nSPS) is 13.2. The van der Waals surface area contributed by atoms with Gasteiger partial charge in [0, 0.05) is 18.0 Å². The topological polar surface area (TPSA) is 37.8 Å². The Bertz CT molecular complexity index is 581. The number of hydrogen-bond donors (Lipinski definition) is 1. The third kappa shape index (κ3) is 2.93. The van der Waals surface area contributed by atoms with Crippen LogP contribution in [0.4, 0.5) is 17.6 Å². The van der Waals surface area contributed by atoms with Crippen molar-refractivity contribution in [3.63, 3.8) is 0 Å². The zero-order valence-corrected chi connectivity index (χ0v) is 10.4. The summed E-state index contributed by atoms with van der Waals surface area (Å²) < 4.78 is 51.1. The SMILES string of the molecule is CNC(c1ccc(C(F)(F)F)cn1)c1ccncc1F. The number of hydrogen-bond acceptors (Lipinski definition) is 3. The van der Waals surface area contributed by atoms with Crippen LogP contribution in [0, 0.1) is 5.82 Å². The van der Waals surface area contributed by atoms with E-state index in [2.05, 4.69) is 15.3 Å². The first kappa shape index (κ1) is 14.4. The lowest BCUT2D eigenvalue weighted by Crippen LogP contribution is -2.20. The minimum atomic E-state index is -4.44. The van der Waals surface area contributed by atoms with Crippen molar-refractivity contribution < 1.29 is 17.6 Å². The second-order valence-electron chi connectivity index (χ2n) is 4.09. The number of rotatable bonds is 3. The maximum atomic E-state index is 13.7. The molecule has 0 fully saturated rings. The van der Waals surface area contributed by atoms with E-state index in [9.17, 15) is 17.6 Å². The zero-order chi connectivity index (χ0) is 14.8. The highest BCUT2D eigenvalue weighted by molar-refractivity contribution is 5.28. The van der Waals surface area contributed by atoms with Crippen LogP contribution in [0.3, 0.4) is 0 Å². The molecule has 2 aromatic heterocycles. The Labute approximate surface area is 112 Å². The molecule has 1 N–H and O–H groups in total. The van der Waals surface area contributed by atoms with Gasteiger partial charge < -0.3 is 5.32 Å². The van der Waals surface area contributed by atoms with Gasteiger partial charge in [0.2, 0.25) is 0 Å². The van der Waals surface area contributed by atoms with E-state index in [-0.39, 0.29) is 5.56 Å². The fraction of sp³-hybridized carbons (Fsp3) is 0.231. The zero-order valence-electron chi connectivity index (χ0n) is 10.4. The maximum Gasteiger partial charge on any atom is 0.417 e. The summed E-state index contributed by atoms with van der Waals surface area (Å²) in [7, 11) is 1.57. The molecule has 3 nitrogen and oxygen atoms in total. The largest absolute Gasteiger partial charge is 0.417 e. The van der Waals surface area contributed by atoms with Gasteiger partial charge >= 0.3 is 6.18 Å². The Hall–Kier alpha value is -2.02. The van der Waals surface area contributed by atoms with Crippen molar-refractivity contribution in [3.8, 4) is 0 Å². The van der Waals surface area contributed by atoms with Gasteiger partial charge in [0.1, 0.15) is 5.82 Å². The van der Waals surface area contributed by atoms with Crippen LogP contribution in [0.5, 0.6) is 0 Å². The van der Waals surface area contributed by atoms with E-state index in [1.807, 2.05) is 0 Å². The molecule has 0 saturated carbocycles. The van der Waals surface area contributed by atoms with Crippen molar-refractivity contribution in [1.82, 2.24) is 15.3 Å². The quantitative estimate of drug-likeness (QED) is 0.881. The number of aromatic nitrogens is 2. The molecule has 20 heavy (non-hydrogen) atoms. The van der Waals surface area contributed by atoms with Crippen LogP contribution in [0.25, 0.3) is 0 Å². The van der Waals surface area contributed by atoms with Gasteiger partial charge in [0.15, 0.2) is 0 Å². The molecule has 0 aliphatic rings. The van der Waals surface area contributed by atoms with Gasteiger partial charge in [-0.05, 0) is 25.2 Å². The molecule has 1 unspecified atom stereocenters. The van der Waals surface area contributed by atoms with Gasteiger partial charge in [0.25, 0.3) is 0 Å². The Kier molecular flexibility index (Phi) is 3.99. The lowest BCUT2D eigenvalue weighted by molar-refractivity contribution is -0.137. The van der Waals surface area contributed by atoms with Gasteiger partial charge in [-0.25, -0.2) is 4.39 Å². The predicted octanol–water partition coefficient (Wildman–Crippen LogP) is 2.94. The van der Waals surface area contributed by atoms with Crippen molar-refractivity contribution in [3.05, 3.63) is 59.4 Å². The van der Waals surface area contributed by atoms with Crippen molar-refractivity contribution in [2.24, 2.45) is 0 Å². The summed E-state index contributed by atoms with van der Waals surface area (Å²) in [6, 6.07) is 2.96. The number of pyridine rings is 2. The number of nitrogens with one attached hydrogen (secondary N) is 1. The minimum Gasteiger partial charge on any atom is -0.308 e. The summed E-state index contributed by atoms with van der Waals surface area (Å²) in [6.45, 7) is 0. The van der Waals surface area contributed by atoms with E-state index in [0.29, 0.717) is 5.69 Å². The monoisotopic (exact) mass is 285 g/mol. The summed E-state index contributed by atoms with van der Waals surface area (Å²) in [4.78, 5) is 7.39. The first-order valence-electron chi connectivity index (χ1n) is 5.73. The maximum absolute atomic E-state index is 13.7. The molecule has 0 saturated heterocycles. The lowest BCUT2D eigenvalue weighted by Gasteiger charge is -2.17. The highest BCUT2D eigenvalue weighted by Gasteiger charge is 2.31. The van der Waals surface area contributed by atoms with Crippen molar-refractivity contribution in [2.75, 3.05) is 7.05 Å². The molecule has 2 aromatic rings. The summed E-state index contributed by atoms with van der Waals surface area (Å²) in [5.41, 5.74) is -0.272. The first-order valence-corrected chi connectivity index (χ1v) is 5.73. The van der Waals surface area contributed by atoms with Gasteiger partial charge in [-0.2, -0.15) is 13.2 Å². The molecule has 0 spiro atoms. The van der Waals surface area contributed by atoms with Gasteiger partial charge in [-0.3, -0.25) is 9.97 Å². The summed E-state index contributed by atoms with van der Waals surface area (Å²) >= 11 is 0. The molecule has 0 bridgehead atoms. The fourth-order valence-electron chi connectivity index (χ4n) is 1.83. The Morgan fingerprint density at radius 1 is 1.15 bits per heavy atom. The van der Waals surface area contributed by atoms with Crippen LogP contribution in [-0.4, -0.2) is 17.0 Å². The molecule has 1 atom stereocenters. The third-order valence-electron chi connectivity index (χ3n) is 2.81. The standard InChI is InChI=1S/C13H11F4N3/c1-18-12(9-4-5-19-7-10(9)14)11-3-2-8(6-20-11)13(15,16)17/h2-7,12,18H,1H3. The smallest absolute Gasteiger partial charge is 0.308 e. The highest BCUT2D eigenvalue weighted by Crippen LogP contribution is 2.30. The van der Waals surface area contributed by atoms with E-state index >= 15 is 0 Å². The van der Waals surface area contributed by atoms with Crippen LogP contribution in [-0.2, 0) is 6.18 Å². The molecule has 2 rings (SSSR count). The molecule has 0 aromatic carbocycles. The van der Waals surface area contributed by atoms with Crippen LogP contribution in [0.15, 0.2) is 36.8 Å². The van der Waals surface area contributed by atoms with Crippen molar-refractivity contribution in [1.29, 1.82) is 0 Å². The number of halogens is 4. The second-order valence-corrected chi connectivity index (χ2v) is 4.09. The molecule has 0 radical (unpaired) electrons. The second kappa shape index (κ2) is 5.54. The Morgan fingerprint density at radius 3 is 2.40 bits per heavy atom. The molecule has 106 valence electrons. The highest BCUT2D eigenvalue weighted by atomic mass is 19.4. The molecular weight excluding hydrogens is 274 g/mol. The van der Waals surface area contributed by atoms with E-state index < -0.39 is 23.6 Å². The molecule has 0 amide bonds. The molecular formula is C13H11F4N3. The molecule has 0 aliphatic carbocycles. The predicted molar refractivity (Wildman–Crippen MR) is 64.3 cm³/mol. The summed E-state index contributed by atoms with van der Waals surface area (Å²) in [5, 5.41) is 2.82. The van der Waals surface area contributed by atoms with Gasteiger partial charge in [0.05, 0.1) is 23.5 Å². The Balaban J connectivity index is 2.36. The Morgan fingerprint density at radius 2 is 1.90 bits per heavy atom. The minimum absolute atomic E-state index is 0.273. The van der Waals surface area contributed by atoms with Crippen LogP contribution in [0.2, 0.25) is 0 Å². The number of alkyl halides is 3. The van der Waals surface area contributed by atoms with Crippen LogP contribution in [0.1, 0.15) is 22.9 Å². The van der Waals surface area contributed by atoms with E-state index in [4.69, 9.17) is 0 Å². The molecule has 7 heteroatoms. The molecule has 2 heterocycles. The van der Waals surface area contributed by atoms with Crippen molar-refractivity contribution >= 4 is 0 Å². The summed E-state index contributed by atoms with van der Waals surface area (Å²) in [5.74, 6) is -0.548. The fourth-order valence-corrected chi connectivity index (χ4v) is 1.83. The van der Waals surface area contributed by atoms with E-state index in [0.717, 1.165) is 18.5 Å². The molecule has 0 aliphatic heterocycles. The number of nitrogens with zero attached hydrogens (tertiary/aromatic N) is 2. The lowest BCUT2D eigenvalue weighted by atomic mass is 10.0. The first-order chi connectivity index (χ1) is 9.43. The van der Waals surface area contributed by atoms with Crippen LogP contribution < -0.4 is 5.32 Å². The van der Waals surface area contributed by atoms with E-state index in [1.54, 1.807) is 7.05 Å². The van der Waals surface area contributed by atoms with E-state index in [1.165, 1.54) is 18.3 Å². The third-order valence-corrected chi connectivity index (χ3v) is 2.81. The average molecular weight is 285 g/mol. The van der Waals surface area contributed by atoms with Gasteiger partial charge in [-0.1, -0.05) is 0 Å². The summed E-state index contributed by atoms with van der Waals surface area (Å²) in [6.07, 6.45) is -1.25. The van der Waals surface area contributed by atoms with Crippen LogP contribution >= 0.6 is 0 Å². The van der Waals surface area contributed by atoms with Crippen molar-refractivity contribution in [2.45, 2.75) is 12.2 Å².